The lowest BCUT2D eigenvalue weighted by Crippen LogP contribution is -2.44. The van der Waals surface area contributed by atoms with Crippen LogP contribution in [-0.2, 0) is 57.3 Å². The van der Waals surface area contributed by atoms with E-state index >= 15 is 0 Å². The number of nitrogens with one attached hydrogen (secondary N) is 4. The summed E-state index contributed by atoms with van der Waals surface area (Å²) in [4.78, 5) is 93.6. The van der Waals surface area contributed by atoms with Gasteiger partial charge in [-0.3, -0.25) is 28.8 Å². The van der Waals surface area contributed by atoms with Gasteiger partial charge in [0.1, 0.15) is 25.3 Å². The molecule has 19 heteroatoms. The molecule has 7 N–H and O–H groups in total. The Bertz CT molecular complexity index is 1270. The summed E-state index contributed by atoms with van der Waals surface area (Å²) < 4.78 is 20.9. The molecule has 0 aromatic heterocycles. The molecule has 19 nitrogen and oxygen atoms in total. The number of carbonyl (C=O) groups excluding carboxylic acids is 5. The molecule has 0 aliphatic rings. The second-order valence-electron chi connectivity index (χ2n) is 15.3. The summed E-state index contributed by atoms with van der Waals surface area (Å²) in [5.74, 6) is -5.37. The molecule has 0 radical (unpaired) electrons. The Morgan fingerprint density at radius 2 is 0.758 bits per heavy atom. The van der Waals surface area contributed by atoms with E-state index in [0.29, 0.717) is 13.0 Å². The topological polar surface area (TPSA) is 282 Å². The normalized spacial score (nSPS) is 12.0. The van der Waals surface area contributed by atoms with Crippen molar-refractivity contribution in [1.29, 1.82) is 0 Å². The molecule has 62 heavy (non-hydrogen) atoms. The molecule has 0 aromatic rings. The van der Waals surface area contributed by atoms with E-state index in [0.717, 1.165) is 44.9 Å². The molecule has 0 spiro atoms. The highest BCUT2D eigenvalue weighted by Crippen LogP contribution is 2.14. The fourth-order valence-corrected chi connectivity index (χ4v) is 6.12. The molecule has 0 rings (SSSR count). The number of ether oxygens (including phenoxy) is 4. The zero-order valence-corrected chi connectivity index (χ0v) is 37.0. The van der Waals surface area contributed by atoms with E-state index < -0.39 is 47.7 Å². The van der Waals surface area contributed by atoms with E-state index in [9.17, 15) is 48.6 Å². The van der Waals surface area contributed by atoms with Crippen LogP contribution in [0.4, 0.5) is 0 Å². The number of unbranched alkanes of at least 4 members (excludes halogenated alkanes) is 15. The predicted molar refractivity (Wildman–Crippen MR) is 228 cm³/mol. The number of Topliss-reactive ketones (excluding diaryl/α,β-unsaturated/α-hetero) is 1. The monoisotopic (exact) mass is 889 g/mol. The summed E-state index contributed by atoms with van der Waals surface area (Å²) in [6.07, 6.45) is 16.8. The second kappa shape index (κ2) is 40.8. The molecular formula is C43H76N4O15. The molecule has 0 unspecified atom stereocenters. The van der Waals surface area contributed by atoms with Crippen LogP contribution in [0.3, 0.4) is 0 Å². The van der Waals surface area contributed by atoms with Crippen molar-refractivity contribution in [2.24, 2.45) is 0 Å². The molecule has 0 bridgehead atoms. The Morgan fingerprint density at radius 3 is 1.18 bits per heavy atom. The maximum Gasteiger partial charge on any atom is 0.326 e. The first kappa shape index (κ1) is 57.8. The molecule has 4 amide bonds. The highest BCUT2D eigenvalue weighted by molar-refractivity contribution is 5.86. The van der Waals surface area contributed by atoms with Gasteiger partial charge in [0.25, 0.3) is 0 Å². The minimum Gasteiger partial charge on any atom is -0.481 e. The van der Waals surface area contributed by atoms with Crippen molar-refractivity contribution < 1.29 is 72.6 Å². The number of carboxylic acid groups (broad SMARTS) is 3. The summed E-state index contributed by atoms with van der Waals surface area (Å²) in [6, 6.07) is -2.68. The minimum atomic E-state index is -1.38. The minimum absolute atomic E-state index is 0.0370. The Labute approximate surface area is 366 Å². The van der Waals surface area contributed by atoms with Crippen LogP contribution in [0.1, 0.15) is 148 Å². The Balaban J connectivity index is 3.96. The van der Waals surface area contributed by atoms with Crippen LogP contribution >= 0.6 is 0 Å². The van der Waals surface area contributed by atoms with Gasteiger partial charge in [-0.05, 0) is 32.6 Å². The third-order valence-electron chi connectivity index (χ3n) is 9.55. The lowest BCUT2D eigenvalue weighted by atomic mass is 10.0. The fourth-order valence-electron chi connectivity index (χ4n) is 6.12. The summed E-state index contributed by atoms with van der Waals surface area (Å²) in [5, 5.41) is 37.7. The summed E-state index contributed by atoms with van der Waals surface area (Å²) in [6.45, 7) is 3.01. The molecule has 0 aliphatic carbocycles. The van der Waals surface area contributed by atoms with Crippen molar-refractivity contribution in [1.82, 2.24) is 21.3 Å². The zero-order chi connectivity index (χ0) is 46.1. The first-order chi connectivity index (χ1) is 29.8. The molecule has 0 fully saturated rings. The molecular weight excluding hydrogens is 812 g/mol. The van der Waals surface area contributed by atoms with Crippen molar-refractivity contribution in [3.05, 3.63) is 0 Å². The van der Waals surface area contributed by atoms with Crippen molar-refractivity contribution in [3.8, 4) is 0 Å². The van der Waals surface area contributed by atoms with E-state index in [-0.39, 0.29) is 110 Å². The Kier molecular flexibility index (Phi) is 38.1. The van der Waals surface area contributed by atoms with E-state index in [1.807, 2.05) is 0 Å². The van der Waals surface area contributed by atoms with Crippen LogP contribution in [0.2, 0.25) is 0 Å². The van der Waals surface area contributed by atoms with Crippen LogP contribution in [0.25, 0.3) is 0 Å². The van der Waals surface area contributed by atoms with Gasteiger partial charge in [0.05, 0.1) is 39.6 Å². The highest BCUT2D eigenvalue weighted by Gasteiger charge is 2.24. The van der Waals surface area contributed by atoms with E-state index in [1.165, 1.54) is 58.3 Å². The SMILES string of the molecule is CC(=O)COCCOCCNC(=O)COCCOCCNC(=O)CC[C@H](NC(=O)CC[C@H](NC(=O)CCCCCCCCCCCCCCCCCCC(=O)O)C(=O)O)C(=O)O. The average Bonchev–Trinajstić information content (AvgIpc) is 3.21. The average molecular weight is 889 g/mol. The number of ketones is 1. The van der Waals surface area contributed by atoms with Crippen LogP contribution in [0.15, 0.2) is 0 Å². The highest BCUT2D eigenvalue weighted by atomic mass is 16.5. The van der Waals surface area contributed by atoms with E-state index in [1.54, 1.807) is 0 Å². The first-order valence-electron chi connectivity index (χ1n) is 22.4. The van der Waals surface area contributed by atoms with Gasteiger partial charge in [-0.15, -0.1) is 0 Å². The van der Waals surface area contributed by atoms with Crippen molar-refractivity contribution in [3.63, 3.8) is 0 Å². The molecule has 0 saturated heterocycles. The number of carbonyl (C=O) groups is 8. The van der Waals surface area contributed by atoms with Gasteiger partial charge in [0.2, 0.25) is 23.6 Å². The summed E-state index contributed by atoms with van der Waals surface area (Å²) >= 11 is 0. The lowest BCUT2D eigenvalue weighted by Gasteiger charge is -2.17. The van der Waals surface area contributed by atoms with Crippen LogP contribution in [-0.4, -0.2) is 141 Å². The van der Waals surface area contributed by atoms with Gasteiger partial charge >= 0.3 is 17.9 Å². The van der Waals surface area contributed by atoms with Crippen LogP contribution in [0.5, 0.6) is 0 Å². The van der Waals surface area contributed by atoms with Crippen molar-refractivity contribution in [2.75, 3.05) is 65.9 Å². The maximum absolute atomic E-state index is 12.5. The third kappa shape index (κ3) is 39.9. The van der Waals surface area contributed by atoms with Gasteiger partial charge in [-0.2, -0.15) is 0 Å². The van der Waals surface area contributed by atoms with Gasteiger partial charge in [0, 0.05) is 38.8 Å². The second-order valence-corrected chi connectivity index (χ2v) is 15.3. The number of rotatable bonds is 45. The van der Waals surface area contributed by atoms with Gasteiger partial charge < -0.3 is 55.5 Å². The Hall–Kier alpha value is -4.20. The van der Waals surface area contributed by atoms with Gasteiger partial charge in [0.15, 0.2) is 5.78 Å². The van der Waals surface area contributed by atoms with Crippen molar-refractivity contribution >= 4 is 47.3 Å². The molecule has 0 aliphatic heterocycles. The zero-order valence-electron chi connectivity index (χ0n) is 37.0. The van der Waals surface area contributed by atoms with Gasteiger partial charge in [-0.1, -0.05) is 89.9 Å². The molecule has 358 valence electrons. The standard InChI is InChI=1S/C43H76N4O15/c1-34(48)32-61-30-28-60-27-25-45-40(52)33-62-31-29-59-26-24-44-37(49)22-20-35(42(55)56)47-39(51)23-21-36(43(57)58)46-38(50)18-16-14-12-10-8-6-4-2-3-5-7-9-11-13-15-17-19-41(53)54/h35-36H,2-33H2,1H3,(H,44,49)(H,45,52)(H,46,50)(H,47,51)(H,53,54)(H,55,56)(H,57,58)/t35-,36-/m0/s1. The Morgan fingerprint density at radius 1 is 0.403 bits per heavy atom. The fraction of sp³-hybridized carbons (Fsp3) is 0.814. The largest absolute Gasteiger partial charge is 0.481 e. The molecule has 2 atom stereocenters. The number of hydrogen-bond donors (Lipinski definition) is 7. The summed E-state index contributed by atoms with van der Waals surface area (Å²) in [7, 11) is 0. The molecule has 0 saturated carbocycles. The van der Waals surface area contributed by atoms with E-state index in [2.05, 4.69) is 21.3 Å². The number of hydrogen-bond acceptors (Lipinski definition) is 12. The quantitative estimate of drug-likeness (QED) is 0.0430. The third-order valence-corrected chi connectivity index (χ3v) is 9.55. The first-order valence-corrected chi connectivity index (χ1v) is 22.4. The maximum atomic E-state index is 12.5. The molecule has 0 heterocycles. The lowest BCUT2D eigenvalue weighted by molar-refractivity contribution is -0.143. The number of carboxylic acids is 3. The van der Waals surface area contributed by atoms with Gasteiger partial charge in [-0.25, -0.2) is 9.59 Å². The predicted octanol–water partition coefficient (Wildman–Crippen LogP) is 3.68. The molecule has 0 aromatic carbocycles. The van der Waals surface area contributed by atoms with Crippen LogP contribution < -0.4 is 21.3 Å². The van der Waals surface area contributed by atoms with Crippen molar-refractivity contribution in [2.45, 2.75) is 160 Å². The number of amides is 4. The van der Waals surface area contributed by atoms with Crippen LogP contribution in [0, 0.1) is 0 Å². The summed E-state index contributed by atoms with van der Waals surface area (Å²) in [5.41, 5.74) is 0. The smallest absolute Gasteiger partial charge is 0.326 e. The van der Waals surface area contributed by atoms with E-state index in [4.69, 9.17) is 24.1 Å². The number of aliphatic carboxylic acids is 3.